The smallest absolute Gasteiger partial charge is 0.349 e. The summed E-state index contributed by atoms with van der Waals surface area (Å²) in [6, 6.07) is 2.25. The normalized spacial score (nSPS) is 18.7. The van der Waals surface area contributed by atoms with Crippen LogP contribution in [0.1, 0.15) is 23.8 Å². The third-order valence-corrected chi connectivity index (χ3v) is 4.40. The maximum atomic E-state index is 12.4. The van der Waals surface area contributed by atoms with Crippen LogP contribution in [0, 0.1) is 0 Å². The number of nitrogens with zero attached hydrogens (tertiary/aromatic N) is 2. The third-order valence-electron chi connectivity index (χ3n) is 4.19. The lowest BCUT2D eigenvalue weighted by Gasteiger charge is -2.21. The van der Waals surface area contributed by atoms with Crippen LogP contribution >= 0.6 is 11.6 Å². The molecule has 0 unspecified atom stereocenters. The van der Waals surface area contributed by atoms with Crippen molar-refractivity contribution in [1.82, 2.24) is 20.2 Å². The highest BCUT2D eigenvalue weighted by Gasteiger charge is 2.38. The first-order chi connectivity index (χ1) is 12.6. The van der Waals surface area contributed by atoms with Crippen molar-refractivity contribution >= 4 is 34.3 Å². The Morgan fingerprint density at radius 3 is 2.89 bits per heavy atom. The molecule has 1 aliphatic rings. The molecule has 11 heteroatoms. The van der Waals surface area contributed by atoms with E-state index in [2.05, 4.69) is 20.0 Å². The summed E-state index contributed by atoms with van der Waals surface area (Å²) in [6.07, 6.45) is -4.27. The molecule has 2 aromatic heterocycles. The van der Waals surface area contributed by atoms with Crippen molar-refractivity contribution < 1.29 is 27.5 Å². The monoisotopic (exact) mass is 404 g/mol. The first-order valence-corrected chi connectivity index (χ1v) is 8.48. The Morgan fingerprint density at radius 1 is 1.44 bits per heavy atom. The number of aromatic nitrogens is 2. The summed E-state index contributed by atoms with van der Waals surface area (Å²) >= 11 is 5.80. The van der Waals surface area contributed by atoms with E-state index < -0.39 is 30.3 Å². The van der Waals surface area contributed by atoms with Gasteiger partial charge in [0, 0.05) is 18.5 Å². The molecule has 0 aliphatic carbocycles. The quantitative estimate of drug-likeness (QED) is 0.766. The number of aromatic amines is 1. The number of rotatable bonds is 4. The minimum atomic E-state index is -4.74. The lowest BCUT2D eigenvalue weighted by Crippen LogP contribution is -2.46. The molecule has 3 rings (SSSR count). The lowest BCUT2D eigenvalue weighted by molar-refractivity contribution is -0.340. The van der Waals surface area contributed by atoms with E-state index in [0.717, 1.165) is 0 Å². The predicted octanol–water partition coefficient (Wildman–Crippen LogP) is 2.47. The number of amides is 2. The Morgan fingerprint density at radius 2 is 2.19 bits per heavy atom. The van der Waals surface area contributed by atoms with Gasteiger partial charge in [-0.2, -0.15) is 0 Å². The van der Waals surface area contributed by atoms with Crippen molar-refractivity contribution in [3.05, 3.63) is 29.2 Å². The zero-order valence-corrected chi connectivity index (χ0v) is 14.9. The van der Waals surface area contributed by atoms with Crippen molar-refractivity contribution in [2.45, 2.75) is 31.9 Å². The number of hydrogen-bond acceptors (Lipinski definition) is 4. The van der Waals surface area contributed by atoms with E-state index >= 15 is 0 Å². The summed E-state index contributed by atoms with van der Waals surface area (Å²) in [6.45, 7) is 1.44. The van der Waals surface area contributed by atoms with Crippen molar-refractivity contribution in [3.8, 4) is 0 Å². The fourth-order valence-corrected chi connectivity index (χ4v) is 3.12. The van der Waals surface area contributed by atoms with Crippen molar-refractivity contribution in [2.75, 3.05) is 13.1 Å². The van der Waals surface area contributed by atoms with Crippen LogP contribution in [0.15, 0.2) is 18.3 Å². The minimum Gasteiger partial charge on any atom is -0.349 e. The van der Waals surface area contributed by atoms with Crippen LogP contribution in [-0.2, 0) is 9.53 Å². The number of hydrogen-bond donors (Lipinski definition) is 2. The van der Waals surface area contributed by atoms with Gasteiger partial charge in [-0.3, -0.25) is 14.3 Å². The fraction of sp³-hybridized carbons (Fsp3) is 0.438. The molecule has 2 N–H and O–H groups in total. The molecular formula is C16H16ClF3N4O3. The highest BCUT2D eigenvalue weighted by molar-refractivity contribution is 6.30. The van der Waals surface area contributed by atoms with Gasteiger partial charge in [-0.05, 0) is 25.5 Å². The second kappa shape index (κ2) is 7.35. The van der Waals surface area contributed by atoms with Crippen LogP contribution in [-0.4, -0.2) is 58.3 Å². The molecule has 2 amide bonds. The highest BCUT2D eigenvalue weighted by Crippen LogP contribution is 2.24. The van der Waals surface area contributed by atoms with Gasteiger partial charge < -0.3 is 15.2 Å². The van der Waals surface area contributed by atoms with E-state index in [1.165, 1.54) is 18.0 Å². The van der Waals surface area contributed by atoms with Crippen LogP contribution in [0.2, 0.25) is 5.15 Å². The Bertz CT molecular complexity index is 870. The zero-order valence-electron chi connectivity index (χ0n) is 14.1. The number of nitrogens with one attached hydrogen (secondary N) is 2. The average Bonchev–Trinajstić information content (AvgIpc) is 3.18. The van der Waals surface area contributed by atoms with E-state index in [1.54, 1.807) is 12.1 Å². The van der Waals surface area contributed by atoms with Gasteiger partial charge in [0.2, 0.25) is 5.91 Å². The summed E-state index contributed by atoms with van der Waals surface area (Å²) in [5.74, 6) is -0.997. The molecule has 0 bridgehead atoms. The average molecular weight is 405 g/mol. The SMILES string of the molecule is C[C@H](NC(=O)c1cc2cc(Cl)ncc2[nH]1)C(=O)N1CC[C@H](OC(F)(F)F)C1. The summed E-state index contributed by atoms with van der Waals surface area (Å²) in [4.78, 5) is 32.7. The van der Waals surface area contributed by atoms with Crippen LogP contribution < -0.4 is 5.32 Å². The van der Waals surface area contributed by atoms with Gasteiger partial charge in [0.15, 0.2) is 0 Å². The van der Waals surface area contributed by atoms with Crippen molar-refractivity contribution in [3.63, 3.8) is 0 Å². The van der Waals surface area contributed by atoms with Gasteiger partial charge in [-0.15, -0.1) is 13.2 Å². The second-order valence-electron chi connectivity index (χ2n) is 6.23. The van der Waals surface area contributed by atoms with E-state index in [4.69, 9.17) is 11.6 Å². The van der Waals surface area contributed by atoms with Gasteiger partial charge in [0.25, 0.3) is 5.91 Å². The molecular weight excluding hydrogens is 389 g/mol. The number of halogens is 4. The van der Waals surface area contributed by atoms with E-state index in [1.807, 2.05) is 0 Å². The molecule has 2 atom stereocenters. The molecule has 3 heterocycles. The predicted molar refractivity (Wildman–Crippen MR) is 90.2 cm³/mol. The second-order valence-corrected chi connectivity index (χ2v) is 6.62. The maximum absolute atomic E-state index is 12.4. The Kier molecular flexibility index (Phi) is 5.29. The number of pyridine rings is 1. The summed E-state index contributed by atoms with van der Waals surface area (Å²) in [5, 5.41) is 3.50. The molecule has 0 spiro atoms. The number of carbonyl (C=O) groups is 2. The molecule has 1 fully saturated rings. The molecule has 0 aromatic carbocycles. The number of carbonyl (C=O) groups excluding carboxylic acids is 2. The number of fused-ring (bicyclic) bond motifs is 1. The number of alkyl halides is 3. The van der Waals surface area contributed by atoms with Crippen molar-refractivity contribution in [1.29, 1.82) is 0 Å². The standard InChI is InChI=1S/C16H16ClF3N4O3/c1-8(15(26)24-3-2-10(7-24)27-16(18,19)20)22-14(25)11-4-9-5-13(17)21-6-12(9)23-11/h4-6,8,10,23H,2-3,7H2,1H3,(H,22,25)/t8-,10-/m0/s1. The molecule has 27 heavy (non-hydrogen) atoms. The zero-order chi connectivity index (χ0) is 19.8. The number of likely N-dealkylation sites (tertiary alicyclic amines) is 1. The van der Waals surface area contributed by atoms with Crippen LogP contribution in [0.25, 0.3) is 10.9 Å². The highest BCUT2D eigenvalue weighted by atomic mass is 35.5. The van der Waals surface area contributed by atoms with Gasteiger partial charge in [-0.1, -0.05) is 11.6 Å². The van der Waals surface area contributed by atoms with Crippen LogP contribution in [0.5, 0.6) is 0 Å². The number of ether oxygens (including phenoxy) is 1. The molecule has 1 aliphatic heterocycles. The van der Waals surface area contributed by atoms with Crippen molar-refractivity contribution in [2.24, 2.45) is 0 Å². The third kappa shape index (κ3) is 4.69. The molecule has 2 aromatic rings. The van der Waals surface area contributed by atoms with E-state index in [-0.39, 0.29) is 30.4 Å². The van der Waals surface area contributed by atoms with Gasteiger partial charge >= 0.3 is 6.36 Å². The molecule has 1 saturated heterocycles. The van der Waals surface area contributed by atoms with Gasteiger partial charge in [-0.25, -0.2) is 4.98 Å². The minimum absolute atomic E-state index is 0.0850. The van der Waals surface area contributed by atoms with Gasteiger partial charge in [0.1, 0.15) is 16.9 Å². The van der Waals surface area contributed by atoms with Gasteiger partial charge in [0.05, 0.1) is 17.8 Å². The maximum Gasteiger partial charge on any atom is 0.522 e. The topological polar surface area (TPSA) is 87.3 Å². The largest absolute Gasteiger partial charge is 0.522 e. The summed E-state index contributed by atoms with van der Waals surface area (Å²) in [5.41, 5.74) is 0.823. The molecule has 7 nitrogen and oxygen atoms in total. The fourth-order valence-electron chi connectivity index (χ4n) is 2.95. The molecule has 146 valence electrons. The Balaban J connectivity index is 1.59. The number of H-pyrrole nitrogens is 1. The first-order valence-electron chi connectivity index (χ1n) is 8.11. The Labute approximate surface area is 156 Å². The van der Waals surface area contributed by atoms with E-state index in [0.29, 0.717) is 10.9 Å². The summed E-state index contributed by atoms with van der Waals surface area (Å²) in [7, 11) is 0. The Hall–Kier alpha value is -2.33. The lowest BCUT2D eigenvalue weighted by atomic mass is 10.2. The van der Waals surface area contributed by atoms with E-state index in [9.17, 15) is 22.8 Å². The van der Waals surface area contributed by atoms with Crippen LogP contribution in [0.4, 0.5) is 13.2 Å². The van der Waals surface area contributed by atoms with Crippen LogP contribution in [0.3, 0.4) is 0 Å². The first kappa shape index (κ1) is 19.4. The molecule has 0 saturated carbocycles. The molecule has 0 radical (unpaired) electrons. The summed E-state index contributed by atoms with van der Waals surface area (Å²) < 4.78 is 40.8.